The highest BCUT2D eigenvalue weighted by Crippen LogP contribution is 2.42. The Morgan fingerprint density at radius 1 is 1.23 bits per heavy atom. The molecule has 0 atom stereocenters. The zero-order valence-electron chi connectivity index (χ0n) is 11.8. The van der Waals surface area contributed by atoms with Crippen LogP contribution in [0.5, 0.6) is 0 Å². The van der Waals surface area contributed by atoms with Crippen LogP contribution in [0, 0.1) is 0 Å². The lowest BCUT2D eigenvalue weighted by molar-refractivity contribution is 0.588. The monoisotopic (exact) mass is 315 g/mol. The normalized spacial score (nSPS) is 15.6. The molecular weight excluding hydrogens is 302 g/mol. The number of benzene rings is 1. The van der Waals surface area contributed by atoms with Crippen LogP contribution in [0.25, 0.3) is 17.0 Å². The first kappa shape index (κ1) is 13.2. The van der Waals surface area contributed by atoms with Crippen LogP contribution in [0.3, 0.4) is 0 Å². The first-order valence-corrected chi connectivity index (χ1v) is 8.39. The molecule has 0 N–H and O–H groups in total. The molecule has 3 aromatic rings. The van der Waals surface area contributed by atoms with E-state index in [0.29, 0.717) is 23.7 Å². The number of hydrogen-bond donors (Lipinski definition) is 0. The van der Waals surface area contributed by atoms with Crippen molar-refractivity contribution in [2.45, 2.75) is 18.2 Å². The van der Waals surface area contributed by atoms with Crippen LogP contribution >= 0.6 is 0 Å². The van der Waals surface area contributed by atoms with Crippen LogP contribution in [0.1, 0.15) is 13.3 Å². The number of para-hydroxylation sites is 1. The van der Waals surface area contributed by atoms with Crippen LogP contribution < -0.4 is 4.31 Å². The Morgan fingerprint density at radius 3 is 2.86 bits per heavy atom. The summed E-state index contributed by atoms with van der Waals surface area (Å²) in [4.78, 5) is 4.29. The van der Waals surface area contributed by atoms with Gasteiger partial charge in [0.05, 0.1) is 17.6 Å². The topological polar surface area (TPSA) is 80.5 Å². The third kappa shape index (κ3) is 1.61. The highest BCUT2D eigenvalue weighted by molar-refractivity contribution is 7.93. The Balaban J connectivity index is 2.15. The molecule has 0 unspecified atom stereocenters. The summed E-state index contributed by atoms with van der Waals surface area (Å²) < 4.78 is 29.0. The second kappa shape index (κ2) is 4.51. The molecule has 8 heteroatoms. The van der Waals surface area contributed by atoms with E-state index in [-0.39, 0.29) is 4.90 Å². The van der Waals surface area contributed by atoms with Crippen molar-refractivity contribution >= 4 is 21.5 Å². The number of hydrogen-bond acceptors (Lipinski definition) is 5. The van der Waals surface area contributed by atoms with Crippen molar-refractivity contribution in [1.82, 2.24) is 19.6 Å². The van der Waals surface area contributed by atoms with E-state index in [1.165, 1.54) is 16.8 Å². The van der Waals surface area contributed by atoms with Crippen molar-refractivity contribution in [3.8, 4) is 11.3 Å². The molecule has 7 nitrogen and oxygen atoms in total. The minimum Gasteiger partial charge on any atom is -0.266 e. The minimum atomic E-state index is -3.63. The van der Waals surface area contributed by atoms with Crippen LogP contribution in [0.2, 0.25) is 0 Å². The van der Waals surface area contributed by atoms with Gasteiger partial charge < -0.3 is 0 Å². The second-order valence-electron chi connectivity index (χ2n) is 5.07. The number of aromatic nitrogens is 4. The van der Waals surface area contributed by atoms with Gasteiger partial charge in [0.15, 0.2) is 0 Å². The zero-order chi connectivity index (χ0) is 15.3. The van der Waals surface area contributed by atoms with Crippen molar-refractivity contribution in [3.63, 3.8) is 0 Å². The predicted octanol–water partition coefficient (Wildman–Crippen LogP) is 1.71. The third-order valence-corrected chi connectivity index (χ3v) is 5.54. The Bertz CT molecular complexity index is 980. The summed E-state index contributed by atoms with van der Waals surface area (Å²) in [6.45, 7) is 2.38. The maximum Gasteiger partial charge on any atom is 0.268 e. The molecule has 1 aliphatic heterocycles. The summed E-state index contributed by atoms with van der Waals surface area (Å²) in [7, 11) is -3.63. The van der Waals surface area contributed by atoms with Gasteiger partial charge >= 0.3 is 0 Å². The van der Waals surface area contributed by atoms with E-state index in [1.807, 2.05) is 31.2 Å². The summed E-state index contributed by atoms with van der Waals surface area (Å²) in [5.41, 5.74) is 2.09. The number of rotatable bonds is 2. The Labute approximate surface area is 127 Å². The van der Waals surface area contributed by atoms with Gasteiger partial charge in [-0.1, -0.05) is 25.1 Å². The van der Waals surface area contributed by atoms with E-state index in [2.05, 4.69) is 15.2 Å². The molecule has 2 aromatic heterocycles. The Kier molecular flexibility index (Phi) is 2.70. The smallest absolute Gasteiger partial charge is 0.266 e. The molecule has 0 saturated carbocycles. The number of sulfonamides is 1. The molecule has 0 bridgehead atoms. The number of nitrogens with zero attached hydrogens (tertiary/aromatic N) is 5. The molecule has 0 aliphatic carbocycles. The van der Waals surface area contributed by atoms with Gasteiger partial charge in [0.1, 0.15) is 11.2 Å². The van der Waals surface area contributed by atoms with Gasteiger partial charge in [0.2, 0.25) is 0 Å². The van der Waals surface area contributed by atoms with Crippen LogP contribution in [-0.4, -0.2) is 34.5 Å². The van der Waals surface area contributed by atoms with Crippen LogP contribution in [0.4, 0.5) is 5.69 Å². The van der Waals surface area contributed by atoms with Gasteiger partial charge in [0.25, 0.3) is 15.8 Å². The zero-order valence-corrected chi connectivity index (χ0v) is 12.7. The SMILES string of the molecule is CCCN1c2ccccc2-c2c(cnc3nncn23)S1(=O)=O. The molecule has 3 heterocycles. The number of fused-ring (bicyclic) bond motifs is 5. The maximum absolute atomic E-state index is 13.0. The van der Waals surface area contributed by atoms with E-state index in [9.17, 15) is 8.42 Å². The molecule has 22 heavy (non-hydrogen) atoms. The molecule has 1 aromatic carbocycles. The molecule has 112 valence electrons. The molecule has 0 spiro atoms. The van der Waals surface area contributed by atoms with Crippen LogP contribution in [-0.2, 0) is 10.0 Å². The lowest BCUT2D eigenvalue weighted by Gasteiger charge is -2.31. The Morgan fingerprint density at radius 2 is 2.05 bits per heavy atom. The predicted molar refractivity (Wildman–Crippen MR) is 81.0 cm³/mol. The average Bonchev–Trinajstić information content (AvgIpc) is 2.99. The lowest BCUT2D eigenvalue weighted by Crippen LogP contribution is -2.35. The van der Waals surface area contributed by atoms with E-state index in [1.54, 1.807) is 4.40 Å². The molecule has 0 saturated heterocycles. The molecule has 0 radical (unpaired) electrons. The minimum absolute atomic E-state index is 0.187. The molecular formula is C14H13N5O2S. The summed E-state index contributed by atoms with van der Waals surface area (Å²) in [5, 5.41) is 7.72. The second-order valence-corrected chi connectivity index (χ2v) is 6.90. The largest absolute Gasteiger partial charge is 0.268 e. The van der Waals surface area contributed by atoms with Gasteiger partial charge in [-0.3, -0.25) is 8.71 Å². The van der Waals surface area contributed by atoms with Gasteiger partial charge in [-0.2, -0.15) is 0 Å². The van der Waals surface area contributed by atoms with E-state index >= 15 is 0 Å². The van der Waals surface area contributed by atoms with Crippen molar-refractivity contribution in [3.05, 3.63) is 36.8 Å². The van der Waals surface area contributed by atoms with Crippen molar-refractivity contribution in [2.24, 2.45) is 0 Å². The average molecular weight is 315 g/mol. The van der Waals surface area contributed by atoms with Gasteiger partial charge in [-0.15, -0.1) is 10.2 Å². The summed E-state index contributed by atoms with van der Waals surface area (Å²) >= 11 is 0. The van der Waals surface area contributed by atoms with Crippen molar-refractivity contribution in [1.29, 1.82) is 0 Å². The standard InChI is InChI=1S/C14H13N5O2S/c1-2-7-19-11-6-4-3-5-10(11)13-12(22(19,20)21)8-15-14-17-16-9-18(13)14/h3-6,8-9H,2,7H2,1H3. The summed E-state index contributed by atoms with van der Waals surface area (Å²) in [5.74, 6) is 0.382. The summed E-state index contributed by atoms with van der Waals surface area (Å²) in [6, 6.07) is 7.46. The molecule has 0 amide bonds. The Hall–Kier alpha value is -2.48. The quantitative estimate of drug-likeness (QED) is 0.719. The van der Waals surface area contributed by atoms with E-state index in [4.69, 9.17) is 0 Å². The fourth-order valence-electron chi connectivity index (χ4n) is 2.81. The first-order valence-electron chi connectivity index (χ1n) is 6.95. The fourth-order valence-corrected chi connectivity index (χ4v) is 4.52. The molecule has 0 fully saturated rings. The van der Waals surface area contributed by atoms with E-state index in [0.717, 1.165) is 12.0 Å². The fraction of sp³-hybridized carbons (Fsp3) is 0.214. The van der Waals surface area contributed by atoms with Gasteiger partial charge in [-0.05, 0) is 12.5 Å². The van der Waals surface area contributed by atoms with E-state index < -0.39 is 10.0 Å². The summed E-state index contributed by atoms with van der Waals surface area (Å²) in [6.07, 6.45) is 3.58. The van der Waals surface area contributed by atoms with Crippen molar-refractivity contribution < 1.29 is 8.42 Å². The highest BCUT2D eigenvalue weighted by atomic mass is 32.2. The van der Waals surface area contributed by atoms with Gasteiger partial charge in [-0.25, -0.2) is 13.4 Å². The molecule has 4 rings (SSSR count). The van der Waals surface area contributed by atoms with Crippen molar-refractivity contribution in [2.75, 3.05) is 10.8 Å². The third-order valence-electron chi connectivity index (χ3n) is 3.72. The maximum atomic E-state index is 13.0. The highest BCUT2D eigenvalue weighted by Gasteiger charge is 2.36. The number of anilines is 1. The van der Waals surface area contributed by atoms with Crippen LogP contribution in [0.15, 0.2) is 41.7 Å². The van der Waals surface area contributed by atoms with Gasteiger partial charge in [0, 0.05) is 12.1 Å². The first-order chi connectivity index (χ1) is 10.6. The lowest BCUT2D eigenvalue weighted by atomic mass is 10.1. The molecule has 1 aliphatic rings.